The first-order chi connectivity index (χ1) is 9.04. The minimum Gasteiger partial charge on any atom is -0.342 e. The minimum absolute atomic E-state index is 0.228. The van der Waals surface area contributed by atoms with Crippen LogP contribution in [0.2, 0.25) is 0 Å². The van der Waals surface area contributed by atoms with E-state index in [1.165, 1.54) is 6.42 Å². The normalized spacial score (nSPS) is 17.9. The maximum atomic E-state index is 12.0. The predicted molar refractivity (Wildman–Crippen MR) is 79.1 cm³/mol. The average molecular weight is 270 g/mol. The lowest BCUT2D eigenvalue weighted by molar-refractivity contribution is -0.133. The molecule has 1 aliphatic heterocycles. The summed E-state index contributed by atoms with van der Waals surface area (Å²) in [6, 6.07) is 0.282. The van der Waals surface area contributed by atoms with Crippen LogP contribution in [0.25, 0.3) is 0 Å². The van der Waals surface area contributed by atoms with Gasteiger partial charge in [-0.2, -0.15) is 0 Å². The van der Waals surface area contributed by atoms with Gasteiger partial charge in [-0.25, -0.2) is 0 Å². The highest BCUT2D eigenvalue weighted by Gasteiger charge is 2.20. The Morgan fingerprint density at radius 2 is 1.74 bits per heavy atom. The summed E-state index contributed by atoms with van der Waals surface area (Å²) in [4.78, 5) is 18.6. The molecule has 1 fully saturated rings. The molecule has 1 rings (SSSR count). The highest BCUT2D eigenvalue weighted by Crippen LogP contribution is 2.05. The predicted octanol–water partition coefficient (Wildman–Crippen LogP) is 0.210. The van der Waals surface area contributed by atoms with Gasteiger partial charge < -0.3 is 15.5 Å². The molecular formula is C14H30N4O. The number of hydrogen-bond acceptors (Lipinski definition) is 4. The summed E-state index contributed by atoms with van der Waals surface area (Å²) >= 11 is 0. The van der Waals surface area contributed by atoms with Crippen LogP contribution in [-0.2, 0) is 4.79 Å². The van der Waals surface area contributed by atoms with Crippen LogP contribution in [0.15, 0.2) is 0 Å². The van der Waals surface area contributed by atoms with Gasteiger partial charge in [-0.1, -0.05) is 0 Å². The van der Waals surface area contributed by atoms with Crippen molar-refractivity contribution in [3.05, 3.63) is 0 Å². The topological polar surface area (TPSA) is 52.8 Å². The first-order valence-corrected chi connectivity index (χ1v) is 7.45. The molecule has 0 spiro atoms. The molecule has 112 valence electrons. The summed E-state index contributed by atoms with van der Waals surface area (Å²) in [6.07, 6.45) is 2.30. The van der Waals surface area contributed by atoms with Gasteiger partial charge in [0.05, 0.1) is 6.54 Å². The lowest BCUT2D eigenvalue weighted by atomic mass is 10.2. The summed E-state index contributed by atoms with van der Waals surface area (Å²) in [5.41, 5.74) is 5.50. The molecule has 0 aromatic rings. The van der Waals surface area contributed by atoms with Crippen molar-refractivity contribution < 1.29 is 4.79 Å². The number of unbranched alkanes of at least 4 members (excludes halogenated alkanes) is 1. The monoisotopic (exact) mass is 270 g/mol. The quantitative estimate of drug-likeness (QED) is 0.672. The zero-order valence-electron chi connectivity index (χ0n) is 12.8. The lowest BCUT2D eigenvalue weighted by Gasteiger charge is -2.35. The summed E-state index contributed by atoms with van der Waals surface area (Å²) in [7, 11) is 1.88. The second-order valence-electron chi connectivity index (χ2n) is 5.71. The Hall–Kier alpha value is -0.650. The molecule has 0 unspecified atom stereocenters. The highest BCUT2D eigenvalue weighted by molar-refractivity contribution is 5.78. The molecule has 0 saturated carbocycles. The van der Waals surface area contributed by atoms with Gasteiger partial charge in [0.2, 0.25) is 5.91 Å². The van der Waals surface area contributed by atoms with Crippen molar-refractivity contribution in [3.8, 4) is 0 Å². The number of carbonyl (C=O) groups excluding carboxylic acids is 1. The van der Waals surface area contributed by atoms with Gasteiger partial charge in [0.15, 0.2) is 0 Å². The van der Waals surface area contributed by atoms with Crippen molar-refractivity contribution in [2.45, 2.75) is 32.7 Å². The molecular weight excluding hydrogens is 240 g/mol. The minimum atomic E-state index is 0.228. The van der Waals surface area contributed by atoms with Crippen LogP contribution < -0.4 is 5.73 Å². The fourth-order valence-corrected chi connectivity index (χ4v) is 2.24. The van der Waals surface area contributed by atoms with Crippen LogP contribution in [-0.4, -0.2) is 79.5 Å². The maximum Gasteiger partial charge on any atom is 0.236 e. The van der Waals surface area contributed by atoms with Gasteiger partial charge >= 0.3 is 0 Å². The van der Waals surface area contributed by atoms with Crippen LogP contribution in [0.3, 0.4) is 0 Å². The smallest absolute Gasteiger partial charge is 0.236 e. The average Bonchev–Trinajstić information content (AvgIpc) is 2.40. The number of rotatable bonds is 7. The van der Waals surface area contributed by atoms with Gasteiger partial charge in [-0.15, -0.1) is 0 Å². The van der Waals surface area contributed by atoms with E-state index < -0.39 is 0 Å². The second-order valence-corrected chi connectivity index (χ2v) is 5.71. The van der Waals surface area contributed by atoms with E-state index in [4.69, 9.17) is 5.73 Å². The van der Waals surface area contributed by atoms with Gasteiger partial charge in [0.1, 0.15) is 0 Å². The molecule has 19 heavy (non-hydrogen) atoms. The van der Waals surface area contributed by atoms with E-state index >= 15 is 0 Å². The Labute approximate surface area is 117 Å². The van der Waals surface area contributed by atoms with Crippen LogP contribution in [0.1, 0.15) is 26.7 Å². The van der Waals surface area contributed by atoms with Crippen molar-refractivity contribution in [1.82, 2.24) is 14.7 Å². The number of likely N-dealkylation sites (N-methyl/N-ethyl adjacent to an activating group) is 1. The molecule has 1 saturated heterocycles. The van der Waals surface area contributed by atoms with E-state index in [0.717, 1.165) is 45.7 Å². The van der Waals surface area contributed by atoms with Crippen LogP contribution in [0.4, 0.5) is 0 Å². The Bertz CT molecular complexity index is 262. The summed E-state index contributed by atoms with van der Waals surface area (Å²) < 4.78 is 0. The van der Waals surface area contributed by atoms with Gasteiger partial charge in [-0.05, 0) is 39.8 Å². The van der Waals surface area contributed by atoms with Crippen LogP contribution in [0.5, 0.6) is 0 Å². The van der Waals surface area contributed by atoms with Crippen molar-refractivity contribution in [2.24, 2.45) is 5.73 Å². The molecule has 0 atom stereocenters. The molecule has 0 aromatic heterocycles. The molecule has 0 bridgehead atoms. The molecule has 5 heteroatoms. The molecule has 2 N–H and O–H groups in total. The molecule has 0 radical (unpaired) electrons. The maximum absolute atomic E-state index is 12.0. The van der Waals surface area contributed by atoms with Crippen molar-refractivity contribution in [1.29, 1.82) is 0 Å². The van der Waals surface area contributed by atoms with E-state index in [0.29, 0.717) is 6.54 Å². The third-order valence-corrected chi connectivity index (χ3v) is 3.92. The first kappa shape index (κ1) is 16.4. The molecule has 1 aliphatic rings. The van der Waals surface area contributed by atoms with Crippen molar-refractivity contribution in [2.75, 3.05) is 52.9 Å². The van der Waals surface area contributed by atoms with Crippen molar-refractivity contribution in [3.63, 3.8) is 0 Å². The largest absolute Gasteiger partial charge is 0.342 e. The van der Waals surface area contributed by atoms with E-state index in [9.17, 15) is 4.79 Å². The summed E-state index contributed by atoms with van der Waals surface area (Å²) in [5.74, 6) is 0.228. The zero-order chi connectivity index (χ0) is 14.3. The van der Waals surface area contributed by atoms with E-state index in [2.05, 4.69) is 9.80 Å². The molecule has 0 aliphatic carbocycles. The van der Waals surface area contributed by atoms with Gasteiger partial charge in [0, 0.05) is 39.3 Å². The SMILES string of the molecule is CC(C)N(C)C(=O)CN1CCN(CCCCN)CC1. The number of piperazine rings is 1. The molecule has 0 aromatic carbocycles. The highest BCUT2D eigenvalue weighted by atomic mass is 16.2. The number of nitrogens with two attached hydrogens (primary N) is 1. The van der Waals surface area contributed by atoms with Crippen LogP contribution in [0, 0.1) is 0 Å². The van der Waals surface area contributed by atoms with E-state index in [-0.39, 0.29) is 11.9 Å². The standard InChI is InChI=1S/C14H30N4O/c1-13(2)16(3)14(19)12-18-10-8-17(9-11-18)7-5-4-6-15/h13H,4-12,15H2,1-3H3. The fourth-order valence-electron chi connectivity index (χ4n) is 2.24. The third kappa shape index (κ3) is 5.89. The molecule has 1 heterocycles. The Kier molecular flexibility index (Phi) is 7.34. The summed E-state index contributed by atoms with van der Waals surface area (Å²) in [6.45, 7) is 10.7. The Balaban J connectivity index is 2.21. The van der Waals surface area contributed by atoms with Gasteiger partial charge in [0.25, 0.3) is 0 Å². The van der Waals surface area contributed by atoms with E-state index in [1.807, 2.05) is 25.8 Å². The molecule has 5 nitrogen and oxygen atoms in total. The molecule has 1 amide bonds. The number of amides is 1. The third-order valence-electron chi connectivity index (χ3n) is 3.92. The van der Waals surface area contributed by atoms with Crippen molar-refractivity contribution >= 4 is 5.91 Å². The second kappa shape index (κ2) is 8.51. The van der Waals surface area contributed by atoms with Crippen LogP contribution >= 0.6 is 0 Å². The number of carbonyl (C=O) groups is 1. The number of hydrogen-bond donors (Lipinski definition) is 1. The first-order valence-electron chi connectivity index (χ1n) is 7.45. The fraction of sp³-hybridized carbons (Fsp3) is 0.929. The zero-order valence-corrected chi connectivity index (χ0v) is 12.8. The van der Waals surface area contributed by atoms with Gasteiger partial charge in [-0.3, -0.25) is 9.69 Å². The lowest BCUT2D eigenvalue weighted by Crippen LogP contribution is -2.50. The summed E-state index contributed by atoms with van der Waals surface area (Å²) in [5, 5.41) is 0. The number of nitrogens with zero attached hydrogens (tertiary/aromatic N) is 3. The van der Waals surface area contributed by atoms with E-state index in [1.54, 1.807) is 0 Å². The Morgan fingerprint density at radius 3 is 2.26 bits per heavy atom. The Morgan fingerprint density at radius 1 is 1.16 bits per heavy atom.